The van der Waals surface area contributed by atoms with Gasteiger partial charge in [0.05, 0.1) is 60.7 Å². The third-order valence-corrected chi connectivity index (χ3v) is 28.6. The molecule has 0 bridgehead atoms. The third-order valence-electron chi connectivity index (χ3n) is 28.6. The van der Waals surface area contributed by atoms with Crippen molar-refractivity contribution < 1.29 is 80.3 Å². The molecule has 1 heterocycles. The van der Waals surface area contributed by atoms with Crippen LogP contribution in [0, 0.1) is 100 Å². The van der Waals surface area contributed by atoms with Crippen molar-refractivity contribution in [3.63, 3.8) is 0 Å². The molecule has 1 aliphatic heterocycles. The van der Waals surface area contributed by atoms with Gasteiger partial charge in [-0.3, -0.25) is 9.59 Å². The molecule has 0 aromatic carbocycles. The number of aliphatic hydroxyl groups is 11. The Morgan fingerprint density at radius 2 is 0.963 bits per heavy atom. The molecule has 26 atom stereocenters. The Morgan fingerprint density at radius 3 is 1.45 bits per heavy atom. The molecule has 1 saturated heterocycles. The first-order chi connectivity index (χ1) is 37.8. The molecule has 9 fully saturated rings. The fourth-order valence-corrected chi connectivity index (χ4v) is 22.9. The highest BCUT2D eigenvalue weighted by Gasteiger charge is 2.74. The van der Waals surface area contributed by atoms with E-state index in [1.165, 1.54) is 0 Å². The average Bonchev–Trinajstić information content (AvgIpc) is 0.821. The van der Waals surface area contributed by atoms with Crippen molar-refractivity contribution in [2.24, 2.45) is 100 Å². The van der Waals surface area contributed by atoms with Crippen LogP contribution in [0.25, 0.3) is 0 Å². The van der Waals surface area contributed by atoms with E-state index in [-0.39, 0.29) is 74.1 Å². The molecule has 16 heteroatoms. The predicted octanol–water partition coefficient (Wildman–Crippen LogP) is 6.58. The second-order valence-corrected chi connectivity index (χ2v) is 33.0. The summed E-state index contributed by atoms with van der Waals surface area (Å²) in [5.41, 5.74) is -3.14. The first-order valence-corrected chi connectivity index (χ1v) is 31.6. The van der Waals surface area contributed by atoms with E-state index < -0.39 is 119 Å². The van der Waals surface area contributed by atoms with Gasteiger partial charge in [-0.05, 0) is 175 Å². The summed E-state index contributed by atoms with van der Waals surface area (Å²) >= 11 is 0. The minimum absolute atomic E-state index is 0.0888. The number of ether oxygens (including phenoxy) is 2. The summed E-state index contributed by atoms with van der Waals surface area (Å²) in [4.78, 5) is 27.2. The van der Waals surface area contributed by atoms with Gasteiger partial charge in [0.15, 0.2) is 0 Å². The van der Waals surface area contributed by atoms with Gasteiger partial charge < -0.3 is 70.8 Å². The van der Waals surface area contributed by atoms with E-state index in [2.05, 4.69) is 81.4 Å². The summed E-state index contributed by atoms with van der Waals surface area (Å²) in [6.45, 7) is 27.5. The van der Waals surface area contributed by atoms with Crippen LogP contribution in [0.3, 0.4) is 0 Å². The maximum atomic E-state index is 14.4. The van der Waals surface area contributed by atoms with E-state index in [1.54, 1.807) is 0 Å². The van der Waals surface area contributed by atoms with E-state index >= 15 is 0 Å². The second-order valence-electron chi connectivity index (χ2n) is 33.0. The van der Waals surface area contributed by atoms with E-state index in [1.807, 2.05) is 20.8 Å². The van der Waals surface area contributed by atoms with Crippen LogP contribution in [0.15, 0.2) is 23.3 Å². The van der Waals surface area contributed by atoms with Crippen LogP contribution in [0.5, 0.6) is 0 Å². The van der Waals surface area contributed by atoms with Crippen molar-refractivity contribution in [2.45, 2.75) is 260 Å². The van der Waals surface area contributed by atoms with Crippen LogP contribution in [-0.4, -0.2) is 154 Å². The number of aliphatic carboxylic acids is 1. The van der Waals surface area contributed by atoms with Crippen molar-refractivity contribution in [3.05, 3.63) is 23.3 Å². The molecular formula is C66H106O16. The van der Waals surface area contributed by atoms with Gasteiger partial charge in [0.25, 0.3) is 0 Å². The van der Waals surface area contributed by atoms with Gasteiger partial charge in [0.1, 0.15) is 24.4 Å². The molecular weight excluding hydrogens is 1050 g/mol. The first-order valence-electron chi connectivity index (χ1n) is 31.6. The van der Waals surface area contributed by atoms with Crippen LogP contribution < -0.4 is 0 Å². The predicted molar refractivity (Wildman–Crippen MR) is 305 cm³/mol. The van der Waals surface area contributed by atoms with Gasteiger partial charge in [-0.2, -0.15) is 0 Å². The number of carbonyl (C=O) groups is 2. The molecule has 11 aliphatic rings. The molecule has 82 heavy (non-hydrogen) atoms. The summed E-state index contributed by atoms with van der Waals surface area (Å²) in [6, 6.07) is 0. The standard InChI is InChI=1S/C36H58O10.C30H48O6/c1-31(2)12-14-36(30(44)46-29-26(41)25(40)24(39)20(17-37)45-29)15-13-34(6)18(23(36)28(31)43)8-9-22-33(5)16-19(38)27(42)32(3,4)21(33)10-11-35(22,34)7;1-25(2)11-13-30(24(35)36)14-12-28(5)17(21(30)23(25)34)7-8-20-26(3)15-18(32)22(33)27(4,16-31)19(26)9-10-29(20,28)6/h8,19-29,37-43H,9-17H2,1-7H3;7,18-23,31-34H,8-16H2,1-6H3,(H,35,36). The zero-order valence-corrected chi connectivity index (χ0v) is 51.7. The van der Waals surface area contributed by atoms with Gasteiger partial charge >= 0.3 is 11.9 Å². The Labute approximate surface area is 487 Å². The lowest BCUT2D eigenvalue weighted by Gasteiger charge is -2.71. The summed E-state index contributed by atoms with van der Waals surface area (Å²) < 4.78 is 11.4. The highest BCUT2D eigenvalue weighted by Crippen LogP contribution is 2.78. The Kier molecular flexibility index (Phi) is 15.3. The zero-order chi connectivity index (χ0) is 60.7. The van der Waals surface area contributed by atoms with Gasteiger partial charge in [-0.25, -0.2) is 0 Å². The topological polar surface area (TPSA) is 295 Å². The van der Waals surface area contributed by atoms with Crippen LogP contribution >= 0.6 is 0 Å². The smallest absolute Gasteiger partial charge is 0.315 e. The number of carboxylic acid groups (broad SMARTS) is 1. The monoisotopic (exact) mass is 1150 g/mol. The van der Waals surface area contributed by atoms with Crippen LogP contribution in [0.2, 0.25) is 0 Å². The molecule has 10 aliphatic carbocycles. The van der Waals surface area contributed by atoms with Crippen molar-refractivity contribution in [1.82, 2.24) is 0 Å². The number of carboxylic acids is 1. The van der Waals surface area contributed by atoms with Gasteiger partial charge in [0.2, 0.25) is 6.29 Å². The number of allylic oxidation sites excluding steroid dienone is 2. The van der Waals surface area contributed by atoms with Gasteiger partial charge in [-0.1, -0.05) is 113 Å². The SMILES string of the molecule is CC1(C)CCC2(C(=O)O)CCC3(C)C(=CCC4C5(C)CC(O)C(O)C(C)(CO)C5CCC43C)C2C1O.CC1(C)CCC2(C(=O)OC3OC(CO)C(O)C(O)C3O)CCC3(C)C(=CCC4C5(C)CC(O)C(O)C(C)(C)C5CCC43C)C2C1O. The summed E-state index contributed by atoms with van der Waals surface area (Å²) in [6.07, 6.45) is 3.00. The van der Waals surface area contributed by atoms with E-state index in [0.29, 0.717) is 57.8 Å². The largest absolute Gasteiger partial charge is 0.481 e. The fourth-order valence-electron chi connectivity index (χ4n) is 22.9. The Hall–Kier alpha value is -2.06. The third kappa shape index (κ3) is 8.22. The van der Waals surface area contributed by atoms with Crippen molar-refractivity contribution in [1.29, 1.82) is 0 Å². The lowest BCUT2D eigenvalue weighted by atomic mass is 9.33. The number of esters is 1. The number of carbonyl (C=O) groups excluding carboxylic acids is 1. The minimum Gasteiger partial charge on any atom is -0.481 e. The average molecular weight is 1160 g/mol. The molecule has 11 rings (SSSR count). The molecule has 0 aromatic rings. The minimum atomic E-state index is -1.70. The number of hydrogen-bond donors (Lipinski definition) is 12. The molecule has 8 saturated carbocycles. The van der Waals surface area contributed by atoms with E-state index in [4.69, 9.17) is 9.47 Å². The fraction of sp³-hybridized carbons (Fsp3) is 0.909. The van der Waals surface area contributed by atoms with Gasteiger partial charge in [-0.15, -0.1) is 0 Å². The molecule has 0 amide bonds. The zero-order valence-electron chi connectivity index (χ0n) is 51.7. The summed E-state index contributed by atoms with van der Waals surface area (Å²) in [5.74, 6) is -1.50. The molecule has 16 nitrogen and oxygen atoms in total. The van der Waals surface area contributed by atoms with Crippen LogP contribution in [0.1, 0.15) is 193 Å². The normalized spacial score (nSPS) is 55.0. The van der Waals surface area contributed by atoms with Crippen molar-refractivity contribution in [2.75, 3.05) is 13.2 Å². The highest BCUT2D eigenvalue weighted by molar-refractivity contribution is 5.79. The maximum absolute atomic E-state index is 14.4. The quantitative estimate of drug-likeness (QED) is 0.102. The van der Waals surface area contributed by atoms with E-state index in [0.717, 1.165) is 56.1 Å². The molecule has 0 spiro atoms. The van der Waals surface area contributed by atoms with E-state index in [9.17, 15) is 70.9 Å². The number of fused-ring (bicyclic) bond motifs is 14. The number of hydrogen-bond acceptors (Lipinski definition) is 15. The molecule has 466 valence electrons. The highest BCUT2D eigenvalue weighted by atomic mass is 16.7. The number of aliphatic hydroxyl groups excluding tert-OH is 11. The molecule has 12 N–H and O–H groups in total. The van der Waals surface area contributed by atoms with Crippen molar-refractivity contribution in [3.8, 4) is 0 Å². The van der Waals surface area contributed by atoms with Crippen LogP contribution in [0.4, 0.5) is 0 Å². The molecule has 0 radical (unpaired) electrons. The second kappa shape index (κ2) is 20.0. The molecule has 26 unspecified atom stereocenters. The first kappa shape index (κ1) is 63.0. The lowest BCUT2D eigenvalue weighted by Crippen LogP contribution is -2.69. The summed E-state index contributed by atoms with van der Waals surface area (Å²) in [7, 11) is 0. The van der Waals surface area contributed by atoms with Gasteiger partial charge in [0, 0.05) is 17.3 Å². The number of rotatable bonds is 5. The van der Waals surface area contributed by atoms with Crippen molar-refractivity contribution >= 4 is 11.9 Å². The Morgan fingerprint density at radius 1 is 0.524 bits per heavy atom. The molecule has 0 aromatic heterocycles. The summed E-state index contributed by atoms with van der Waals surface area (Å²) in [5, 5.41) is 130. The maximum Gasteiger partial charge on any atom is 0.315 e. The Bertz CT molecular complexity index is 2560. The Balaban J connectivity index is 0.000000189. The van der Waals surface area contributed by atoms with Crippen LogP contribution in [-0.2, 0) is 19.1 Å². The lowest BCUT2D eigenvalue weighted by molar-refractivity contribution is -0.298.